The second-order valence-corrected chi connectivity index (χ2v) is 9.68. The summed E-state index contributed by atoms with van der Waals surface area (Å²) in [5.74, 6) is -0.492. The number of rotatable bonds is 8. The van der Waals surface area contributed by atoms with Crippen LogP contribution in [0.1, 0.15) is 5.56 Å². The molecular weight excluding hydrogens is 509 g/mol. The van der Waals surface area contributed by atoms with E-state index in [0.29, 0.717) is 15.6 Å². The number of hydrazone groups is 1. The number of methoxy groups -OCH3 is 1. The molecule has 0 heterocycles. The Labute approximate surface area is 206 Å². The minimum atomic E-state index is -4.15. The van der Waals surface area contributed by atoms with Gasteiger partial charge in [-0.1, -0.05) is 59.1 Å². The van der Waals surface area contributed by atoms with Gasteiger partial charge in [-0.25, -0.2) is 13.8 Å². The molecule has 3 rings (SSSR count). The molecule has 0 aromatic heterocycles. The van der Waals surface area contributed by atoms with Gasteiger partial charge in [0.2, 0.25) is 0 Å². The molecule has 0 aliphatic rings. The lowest BCUT2D eigenvalue weighted by atomic mass is 10.2. The number of carbonyl (C=O) groups is 1. The Kier molecular flexibility index (Phi) is 8.20. The van der Waals surface area contributed by atoms with Crippen LogP contribution in [0.25, 0.3) is 0 Å². The third-order valence-electron chi connectivity index (χ3n) is 4.41. The van der Waals surface area contributed by atoms with Crippen molar-refractivity contribution in [3.63, 3.8) is 0 Å². The standard InChI is InChI=1S/C22H18Cl3N3O4S/c1-32-21-11-10-15(23)12-20(21)28(33(30,31)16-6-3-2-4-7-16)14-22(29)27-26-13-17-18(24)8-5-9-19(17)25/h2-13H,14H2,1H3,(H,27,29)/b26-13-. The van der Waals surface area contributed by atoms with Crippen molar-refractivity contribution >= 4 is 62.6 Å². The molecule has 0 atom stereocenters. The van der Waals surface area contributed by atoms with Crippen LogP contribution in [-0.2, 0) is 14.8 Å². The van der Waals surface area contributed by atoms with Crippen molar-refractivity contribution in [3.8, 4) is 5.75 Å². The van der Waals surface area contributed by atoms with E-state index in [4.69, 9.17) is 39.5 Å². The average Bonchev–Trinajstić information content (AvgIpc) is 2.80. The van der Waals surface area contributed by atoms with Gasteiger partial charge in [0.05, 0.1) is 34.0 Å². The lowest BCUT2D eigenvalue weighted by Gasteiger charge is -2.25. The molecule has 33 heavy (non-hydrogen) atoms. The normalized spacial score (nSPS) is 11.4. The van der Waals surface area contributed by atoms with E-state index in [1.807, 2.05) is 0 Å². The molecule has 1 N–H and O–H groups in total. The molecule has 0 aliphatic carbocycles. The lowest BCUT2D eigenvalue weighted by Crippen LogP contribution is -2.39. The van der Waals surface area contributed by atoms with Crippen LogP contribution in [0.15, 0.2) is 76.7 Å². The van der Waals surface area contributed by atoms with Crippen molar-refractivity contribution in [2.75, 3.05) is 18.0 Å². The monoisotopic (exact) mass is 525 g/mol. The average molecular weight is 527 g/mol. The Morgan fingerprint density at radius 2 is 1.70 bits per heavy atom. The van der Waals surface area contributed by atoms with Gasteiger partial charge in [0, 0.05) is 10.6 Å². The summed E-state index contributed by atoms with van der Waals surface area (Å²) in [6.07, 6.45) is 1.28. The highest BCUT2D eigenvalue weighted by Gasteiger charge is 2.29. The zero-order chi connectivity index (χ0) is 24.0. The number of carbonyl (C=O) groups excluding carboxylic acids is 1. The third-order valence-corrected chi connectivity index (χ3v) is 7.08. The third kappa shape index (κ3) is 5.97. The summed E-state index contributed by atoms with van der Waals surface area (Å²) in [5.41, 5.74) is 2.80. The maximum absolute atomic E-state index is 13.4. The molecule has 0 fully saturated rings. The van der Waals surface area contributed by atoms with Gasteiger partial charge >= 0.3 is 0 Å². The van der Waals surface area contributed by atoms with Crippen LogP contribution in [0, 0.1) is 0 Å². The Morgan fingerprint density at radius 1 is 1.03 bits per heavy atom. The maximum atomic E-state index is 13.4. The Balaban J connectivity index is 1.93. The van der Waals surface area contributed by atoms with Crippen molar-refractivity contribution in [1.82, 2.24) is 5.43 Å². The molecule has 7 nitrogen and oxygen atoms in total. The summed E-state index contributed by atoms with van der Waals surface area (Å²) >= 11 is 18.3. The molecule has 3 aromatic carbocycles. The first-order chi connectivity index (χ1) is 15.7. The van der Waals surface area contributed by atoms with E-state index in [1.165, 1.54) is 37.6 Å². The summed E-state index contributed by atoms with van der Waals surface area (Å²) in [6, 6.07) is 17.1. The summed E-state index contributed by atoms with van der Waals surface area (Å²) in [7, 11) is -2.76. The van der Waals surface area contributed by atoms with Gasteiger partial charge in [-0.2, -0.15) is 5.10 Å². The maximum Gasteiger partial charge on any atom is 0.264 e. The molecule has 3 aromatic rings. The number of amides is 1. The number of hydrogen-bond acceptors (Lipinski definition) is 5. The van der Waals surface area contributed by atoms with Gasteiger partial charge in [-0.05, 0) is 42.5 Å². The predicted molar refractivity (Wildman–Crippen MR) is 131 cm³/mol. The minimum Gasteiger partial charge on any atom is -0.495 e. The van der Waals surface area contributed by atoms with Gasteiger partial charge in [0.1, 0.15) is 12.3 Å². The van der Waals surface area contributed by atoms with E-state index in [2.05, 4.69) is 10.5 Å². The highest BCUT2D eigenvalue weighted by atomic mass is 35.5. The molecule has 0 bridgehead atoms. The number of nitrogens with zero attached hydrogens (tertiary/aromatic N) is 2. The van der Waals surface area contributed by atoms with Gasteiger partial charge < -0.3 is 4.74 Å². The first-order valence-electron chi connectivity index (χ1n) is 9.41. The number of hydrogen-bond donors (Lipinski definition) is 1. The SMILES string of the molecule is COc1ccc(Cl)cc1N(CC(=O)N/N=C\c1c(Cl)cccc1Cl)S(=O)(=O)c1ccccc1. The number of sulfonamides is 1. The van der Waals surface area contributed by atoms with Gasteiger partial charge in [-0.3, -0.25) is 9.10 Å². The number of anilines is 1. The van der Waals surface area contributed by atoms with Crippen molar-refractivity contribution in [2.45, 2.75) is 4.90 Å². The van der Waals surface area contributed by atoms with Gasteiger partial charge in [-0.15, -0.1) is 0 Å². The molecule has 0 saturated carbocycles. The quantitative estimate of drug-likeness (QED) is 0.330. The van der Waals surface area contributed by atoms with Crippen molar-refractivity contribution < 1.29 is 17.9 Å². The van der Waals surface area contributed by atoms with E-state index in [9.17, 15) is 13.2 Å². The Morgan fingerprint density at radius 3 is 2.33 bits per heavy atom. The molecule has 172 valence electrons. The van der Waals surface area contributed by atoms with Crippen LogP contribution >= 0.6 is 34.8 Å². The topological polar surface area (TPSA) is 88.1 Å². The second-order valence-electron chi connectivity index (χ2n) is 6.57. The molecule has 0 aliphatic heterocycles. The number of benzene rings is 3. The van der Waals surface area contributed by atoms with E-state index in [0.717, 1.165) is 4.31 Å². The fourth-order valence-electron chi connectivity index (χ4n) is 2.85. The largest absolute Gasteiger partial charge is 0.495 e. The first-order valence-corrected chi connectivity index (χ1v) is 12.0. The Hall–Kier alpha value is -2.78. The fourth-order valence-corrected chi connectivity index (χ4v) is 4.95. The molecular formula is C22H18Cl3N3O4S. The van der Waals surface area contributed by atoms with E-state index < -0.39 is 22.5 Å². The van der Waals surface area contributed by atoms with Crippen LogP contribution in [-0.4, -0.2) is 34.2 Å². The molecule has 0 saturated heterocycles. The fraction of sp³-hybridized carbons (Fsp3) is 0.0909. The van der Waals surface area contributed by atoms with Crippen LogP contribution in [0.4, 0.5) is 5.69 Å². The molecule has 11 heteroatoms. The van der Waals surface area contributed by atoms with Crippen molar-refractivity contribution in [1.29, 1.82) is 0 Å². The van der Waals surface area contributed by atoms with Gasteiger partial charge in [0.15, 0.2) is 0 Å². The zero-order valence-corrected chi connectivity index (χ0v) is 20.3. The van der Waals surface area contributed by atoms with Crippen LogP contribution in [0.3, 0.4) is 0 Å². The van der Waals surface area contributed by atoms with E-state index in [1.54, 1.807) is 42.5 Å². The van der Waals surface area contributed by atoms with Crippen LogP contribution < -0.4 is 14.5 Å². The lowest BCUT2D eigenvalue weighted by molar-refractivity contribution is -0.119. The molecule has 0 spiro atoms. The first kappa shape index (κ1) is 24.9. The van der Waals surface area contributed by atoms with Crippen LogP contribution in [0.5, 0.6) is 5.75 Å². The minimum absolute atomic E-state index is 0.00817. The number of halogens is 3. The summed E-state index contributed by atoms with van der Waals surface area (Å²) in [6.45, 7) is -0.596. The molecule has 0 unspecified atom stereocenters. The smallest absolute Gasteiger partial charge is 0.264 e. The highest BCUT2D eigenvalue weighted by molar-refractivity contribution is 7.92. The van der Waals surface area contributed by atoms with Crippen LogP contribution in [0.2, 0.25) is 15.1 Å². The van der Waals surface area contributed by atoms with Crippen molar-refractivity contribution in [2.24, 2.45) is 5.10 Å². The summed E-state index contributed by atoms with van der Waals surface area (Å²) in [4.78, 5) is 12.7. The van der Waals surface area contributed by atoms with E-state index >= 15 is 0 Å². The molecule has 1 amide bonds. The number of ether oxygens (including phenoxy) is 1. The zero-order valence-electron chi connectivity index (χ0n) is 17.2. The van der Waals surface area contributed by atoms with E-state index in [-0.39, 0.29) is 21.4 Å². The Bertz CT molecular complexity index is 1270. The number of nitrogens with one attached hydrogen (secondary N) is 1. The van der Waals surface area contributed by atoms with Gasteiger partial charge in [0.25, 0.3) is 15.9 Å². The predicted octanol–water partition coefficient (Wildman–Crippen LogP) is 5.00. The summed E-state index contributed by atoms with van der Waals surface area (Å²) in [5, 5.41) is 4.81. The summed E-state index contributed by atoms with van der Waals surface area (Å²) < 4.78 is 33.0. The van der Waals surface area contributed by atoms with Crippen molar-refractivity contribution in [3.05, 3.63) is 87.4 Å². The molecule has 0 radical (unpaired) electrons. The second kappa shape index (κ2) is 10.9. The highest BCUT2D eigenvalue weighted by Crippen LogP contribution is 2.34.